The van der Waals surface area contributed by atoms with Crippen LogP contribution >= 0.6 is 0 Å². The Hall–Kier alpha value is -5.77. The van der Waals surface area contributed by atoms with E-state index in [4.69, 9.17) is 4.98 Å². The van der Waals surface area contributed by atoms with E-state index in [9.17, 15) is 0 Å². The summed E-state index contributed by atoms with van der Waals surface area (Å²) in [5.41, 5.74) is 13.4. The second kappa shape index (κ2) is 14.8. The predicted octanol–water partition coefficient (Wildman–Crippen LogP) is 12.7. The van der Waals surface area contributed by atoms with Crippen LogP contribution < -0.4 is 4.90 Å². The SMILES string of the molecule is CC(C)c1cccc(C(C)C)c1-c1ccnc(-n2c3[c-]c(N(c4[c-]c(-n5[cH+]n(C)c6ccccc65)ccc4)c4ccccc4)ccc3c3ccccc32)c1.[Pt]. The smallest absolute Gasteiger partial charge is 0.188 e. The minimum absolute atomic E-state index is 0. The zero-order chi connectivity index (χ0) is 36.9. The predicted molar refractivity (Wildman–Crippen MR) is 225 cm³/mol. The molecule has 0 radical (unpaired) electrons. The second-order valence-corrected chi connectivity index (χ2v) is 14.7. The van der Waals surface area contributed by atoms with Crippen LogP contribution in [0.25, 0.3) is 55.5 Å². The molecule has 0 fully saturated rings. The number of pyridine rings is 1. The van der Waals surface area contributed by atoms with Gasteiger partial charge in [0.25, 0.3) is 0 Å². The van der Waals surface area contributed by atoms with E-state index in [1.807, 2.05) is 6.20 Å². The average Bonchev–Trinajstić information content (AvgIpc) is 3.72. The van der Waals surface area contributed by atoms with E-state index in [-0.39, 0.29) is 21.1 Å². The minimum atomic E-state index is 0. The number of fused-ring (bicyclic) bond motifs is 4. The van der Waals surface area contributed by atoms with Gasteiger partial charge in [-0.15, -0.1) is 29.7 Å². The van der Waals surface area contributed by atoms with Gasteiger partial charge < -0.3 is 9.47 Å². The van der Waals surface area contributed by atoms with Crippen LogP contribution in [0.5, 0.6) is 0 Å². The Balaban J connectivity index is 0.00000427. The summed E-state index contributed by atoms with van der Waals surface area (Å²) in [6.07, 6.45) is 4.08. The van der Waals surface area contributed by atoms with Crippen molar-refractivity contribution in [2.24, 2.45) is 7.05 Å². The molecule has 0 saturated heterocycles. The molecular weight excluding hydrogens is 854 g/mol. The Labute approximate surface area is 337 Å². The number of aromatic nitrogens is 4. The summed E-state index contributed by atoms with van der Waals surface area (Å²) in [7, 11) is 2.08. The fourth-order valence-corrected chi connectivity index (χ4v) is 7.99. The van der Waals surface area contributed by atoms with Crippen molar-refractivity contribution in [3.63, 3.8) is 0 Å². The molecule has 0 bridgehead atoms. The Morgan fingerprint density at radius 2 is 1.27 bits per heavy atom. The fourth-order valence-electron chi connectivity index (χ4n) is 7.99. The molecule has 6 aromatic carbocycles. The van der Waals surface area contributed by atoms with Crippen LogP contribution in [0.1, 0.15) is 50.7 Å². The summed E-state index contributed by atoms with van der Waals surface area (Å²) in [6, 6.07) is 57.2. The first kappa shape index (κ1) is 36.2. The third-order valence-corrected chi connectivity index (χ3v) is 10.5. The quantitative estimate of drug-likeness (QED) is 0.142. The third-order valence-electron chi connectivity index (χ3n) is 10.5. The molecule has 9 rings (SSSR count). The number of imidazole rings is 1. The summed E-state index contributed by atoms with van der Waals surface area (Å²) in [6.45, 7) is 9.11. The number of hydrogen-bond acceptors (Lipinski definition) is 2. The Morgan fingerprint density at radius 1 is 0.618 bits per heavy atom. The van der Waals surface area contributed by atoms with Gasteiger partial charge in [0.1, 0.15) is 5.82 Å². The van der Waals surface area contributed by atoms with Gasteiger partial charge in [0.15, 0.2) is 17.4 Å². The molecule has 0 aliphatic rings. The molecule has 0 unspecified atom stereocenters. The van der Waals surface area contributed by atoms with Gasteiger partial charge in [0.2, 0.25) is 0 Å². The summed E-state index contributed by atoms with van der Waals surface area (Å²) in [4.78, 5) is 7.28. The van der Waals surface area contributed by atoms with E-state index in [1.54, 1.807) is 0 Å². The number of aryl methyl sites for hydroxylation is 1. The standard InChI is InChI=1S/C49H42N5.Pt/c1-33(2)40-20-14-21-41(34(3)4)49(40)35-27-28-50-48(29-35)54-44-22-10-9-19-42(44)43-26-25-39(31-47(43)54)53(36-15-7-6-8-16-36)38-18-13-17-37(30-38)52-32-51(5)45-23-11-12-24-46(45)52;/h6-29,32-34H,1-5H3;/q-1;. The molecular formula is C49H42N5Pt-. The van der Waals surface area contributed by atoms with Gasteiger partial charge in [-0.1, -0.05) is 105 Å². The average molecular weight is 896 g/mol. The minimum Gasteiger partial charge on any atom is -0.358 e. The molecule has 274 valence electrons. The number of hydrogen-bond donors (Lipinski definition) is 0. The van der Waals surface area contributed by atoms with Gasteiger partial charge in [-0.25, -0.2) is 14.1 Å². The summed E-state index contributed by atoms with van der Waals surface area (Å²) < 4.78 is 6.63. The number of benzene rings is 6. The van der Waals surface area contributed by atoms with Crippen LogP contribution in [0.15, 0.2) is 152 Å². The summed E-state index contributed by atoms with van der Waals surface area (Å²) in [5, 5.41) is 2.30. The maximum Gasteiger partial charge on any atom is 0.188 e. The number of anilines is 3. The topological polar surface area (TPSA) is 30.9 Å². The van der Waals surface area contributed by atoms with E-state index in [2.05, 4.69) is 211 Å². The largest absolute Gasteiger partial charge is 0.358 e. The molecule has 55 heavy (non-hydrogen) atoms. The van der Waals surface area contributed by atoms with E-state index in [0.717, 1.165) is 56.0 Å². The van der Waals surface area contributed by atoms with Gasteiger partial charge >= 0.3 is 0 Å². The molecule has 0 aliphatic carbocycles. The monoisotopic (exact) mass is 895 g/mol. The molecule has 0 atom stereocenters. The zero-order valence-electron chi connectivity index (χ0n) is 31.6. The molecule has 0 spiro atoms. The molecule has 5 nitrogen and oxygen atoms in total. The number of rotatable bonds is 8. The first-order chi connectivity index (χ1) is 26.4. The Morgan fingerprint density at radius 3 is 2.02 bits per heavy atom. The van der Waals surface area contributed by atoms with Crippen molar-refractivity contribution >= 4 is 49.9 Å². The molecule has 9 aromatic rings. The van der Waals surface area contributed by atoms with Crippen molar-refractivity contribution in [2.45, 2.75) is 39.5 Å². The number of para-hydroxylation sites is 4. The molecule has 0 saturated carbocycles. The summed E-state index contributed by atoms with van der Waals surface area (Å²) in [5.74, 6) is 1.64. The van der Waals surface area contributed by atoms with E-state index in [1.165, 1.54) is 27.6 Å². The van der Waals surface area contributed by atoms with Crippen LogP contribution in [0.4, 0.5) is 17.1 Å². The van der Waals surface area contributed by atoms with Crippen molar-refractivity contribution < 1.29 is 21.1 Å². The second-order valence-electron chi connectivity index (χ2n) is 14.7. The van der Waals surface area contributed by atoms with E-state index < -0.39 is 0 Å². The van der Waals surface area contributed by atoms with Gasteiger partial charge in [-0.3, -0.25) is 0 Å². The zero-order valence-corrected chi connectivity index (χ0v) is 33.9. The van der Waals surface area contributed by atoms with Gasteiger partial charge in [0, 0.05) is 63.3 Å². The normalized spacial score (nSPS) is 11.5. The molecule has 3 aromatic heterocycles. The van der Waals surface area contributed by atoms with Gasteiger partial charge in [0.05, 0.1) is 0 Å². The van der Waals surface area contributed by atoms with Gasteiger partial charge in [-0.05, 0) is 81.9 Å². The molecule has 0 aliphatic heterocycles. The number of nitrogens with zero attached hydrogens (tertiary/aromatic N) is 5. The van der Waals surface area contributed by atoms with Crippen LogP contribution in [0, 0.1) is 12.1 Å². The maximum absolute atomic E-state index is 5.04. The van der Waals surface area contributed by atoms with Crippen molar-refractivity contribution in [1.82, 2.24) is 18.7 Å². The molecule has 6 heteroatoms. The van der Waals surface area contributed by atoms with E-state index >= 15 is 0 Å². The Kier molecular flexibility index (Phi) is 9.75. The van der Waals surface area contributed by atoms with Crippen molar-refractivity contribution in [3.8, 4) is 22.6 Å². The fraction of sp³-hybridized carbons (Fsp3) is 0.143. The van der Waals surface area contributed by atoms with E-state index in [0.29, 0.717) is 11.8 Å². The first-order valence-electron chi connectivity index (χ1n) is 18.8. The first-order valence-corrected chi connectivity index (χ1v) is 18.8. The van der Waals surface area contributed by atoms with Gasteiger partial charge in [-0.2, -0.15) is 12.1 Å². The van der Waals surface area contributed by atoms with Crippen LogP contribution in [0.2, 0.25) is 0 Å². The van der Waals surface area contributed by atoms with Crippen LogP contribution in [-0.4, -0.2) is 18.7 Å². The van der Waals surface area contributed by atoms with Crippen LogP contribution in [0.3, 0.4) is 0 Å². The van der Waals surface area contributed by atoms with Crippen molar-refractivity contribution in [2.75, 3.05) is 4.90 Å². The van der Waals surface area contributed by atoms with Crippen molar-refractivity contribution in [1.29, 1.82) is 0 Å². The molecule has 3 heterocycles. The molecule has 0 amide bonds. The Bertz CT molecular complexity index is 2790. The third kappa shape index (κ3) is 6.37. The van der Waals surface area contributed by atoms with Crippen molar-refractivity contribution in [3.05, 3.63) is 175 Å². The molecule has 0 N–H and O–H groups in total. The summed E-state index contributed by atoms with van der Waals surface area (Å²) >= 11 is 0. The van der Waals surface area contributed by atoms with Crippen LogP contribution in [-0.2, 0) is 28.1 Å². The maximum atomic E-state index is 5.04.